The van der Waals surface area contributed by atoms with Gasteiger partial charge in [0.1, 0.15) is 0 Å². The molecule has 0 spiro atoms. The van der Waals surface area contributed by atoms with Gasteiger partial charge in [-0.2, -0.15) is 0 Å². The molecule has 1 fully saturated rings. The fourth-order valence-corrected chi connectivity index (χ4v) is 7.02. The zero-order valence-electron chi connectivity index (χ0n) is 40.5. The largest absolute Gasteiger partial charge is 0.486 e. The maximum atomic E-state index is 9.07. The van der Waals surface area contributed by atoms with Gasteiger partial charge in [-0.05, 0) is 108 Å². The van der Waals surface area contributed by atoms with Gasteiger partial charge in [-0.1, -0.05) is 110 Å². The fourth-order valence-electron chi connectivity index (χ4n) is 7.02. The van der Waals surface area contributed by atoms with Gasteiger partial charge in [0.25, 0.3) is 0 Å². The van der Waals surface area contributed by atoms with Crippen molar-refractivity contribution < 1.29 is 38.2 Å². The van der Waals surface area contributed by atoms with Gasteiger partial charge in [0.2, 0.25) is 5.71 Å². The van der Waals surface area contributed by atoms with Gasteiger partial charge in [0, 0.05) is 57.3 Å². The summed E-state index contributed by atoms with van der Waals surface area (Å²) in [5, 5.41) is 1.59. The van der Waals surface area contributed by atoms with E-state index in [-0.39, 0.29) is 42.6 Å². The molecule has 4 heterocycles. The molecular formula is C50H45IrN3O-2. The van der Waals surface area contributed by atoms with Crippen molar-refractivity contribution in [1.82, 2.24) is 15.0 Å². The zero-order valence-corrected chi connectivity index (χ0v) is 32.9. The van der Waals surface area contributed by atoms with Gasteiger partial charge < -0.3 is 14.4 Å². The summed E-state index contributed by atoms with van der Waals surface area (Å²) in [7, 11) is 0. The topological polar surface area (TPSA) is 51.8 Å². The molecule has 1 radical (unpaired) electrons. The van der Waals surface area contributed by atoms with Crippen LogP contribution in [0.25, 0.3) is 66.8 Å². The van der Waals surface area contributed by atoms with Crippen molar-refractivity contribution >= 4 is 22.1 Å². The van der Waals surface area contributed by atoms with E-state index in [9.17, 15) is 0 Å². The maximum absolute atomic E-state index is 9.07. The second-order valence-corrected chi connectivity index (χ2v) is 14.5. The Morgan fingerprint density at radius 3 is 2.35 bits per heavy atom. The van der Waals surface area contributed by atoms with Crippen LogP contribution in [0.1, 0.15) is 81.5 Å². The molecule has 0 amide bonds. The van der Waals surface area contributed by atoms with Crippen LogP contribution in [0.15, 0.2) is 132 Å². The number of aromatic nitrogens is 3. The van der Waals surface area contributed by atoms with Crippen molar-refractivity contribution in [2.75, 3.05) is 0 Å². The van der Waals surface area contributed by atoms with E-state index in [4.69, 9.17) is 18.1 Å². The standard InChI is InChI=1S/C31H29N2O.C19H16N.Ir/c1-20-7-12-26-25-5-4-6-27(29(25)34-30(26)33-20)28-19-24(15-18-32-28)22-10-8-21(9-11-22)23-13-16-31(2,3)17-14-23;1-14-8-11-19(20-13-14)17-10-9-15(2)18(12-17)16-6-4-3-5-7-16;/h4-5,7-12,15,18-19,23H,13-14,16-17H2,1-3H3;3-9,11-13H,1-2H3;/q2*-1;/i1D3,23D;1D3,2D3;. The number of nitrogens with zero attached hydrogens (tertiary/aromatic N) is 3. The van der Waals surface area contributed by atoms with Crippen LogP contribution >= 0.6 is 0 Å². The summed E-state index contributed by atoms with van der Waals surface area (Å²) in [5.74, 6) is -0.517. The van der Waals surface area contributed by atoms with Gasteiger partial charge in [0.05, 0.1) is 5.58 Å². The molecule has 4 aromatic heterocycles. The first-order valence-electron chi connectivity index (χ1n) is 23.1. The number of pyridine rings is 3. The summed E-state index contributed by atoms with van der Waals surface area (Å²) < 4.78 is 83.7. The molecule has 4 nitrogen and oxygen atoms in total. The first-order valence-corrected chi connectivity index (χ1v) is 18.1. The van der Waals surface area contributed by atoms with E-state index in [1.165, 1.54) is 24.4 Å². The number of furan rings is 1. The molecule has 0 aliphatic heterocycles. The normalized spacial score (nSPS) is 17.9. The average molecular weight is 906 g/mol. The van der Waals surface area contributed by atoms with Crippen LogP contribution in [0.5, 0.6) is 0 Å². The minimum absolute atomic E-state index is 0. The molecule has 9 rings (SSSR count). The van der Waals surface area contributed by atoms with E-state index >= 15 is 0 Å². The van der Waals surface area contributed by atoms with Crippen LogP contribution in [0.2, 0.25) is 0 Å². The number of rotatable bonds is 5. The van der Waals surface area contributed by atoms with Crippen molar-refractivity contribution in [3.8, 4) is 44.8 Å². The molecule has 277 valence electrons. The molecule has 55 heavy (non-hydrogen) atoms. The molecule has 1 saturated carbocycles. The van der Waals surface area contributed by atoms with E-state index in [1.807, 2.05) is 54.6 Å². The number of hydrogen-bond donors (Lipinski definition) is 0. The molecular weight excluding hydrogens is 851 g/mol. The first-order chi connectivity index (χ1) is 30.2. The van der Waals surface area contributed by atoms with Crippen molar-refractivity contribution in [3.63, 3.8) is 0 Å². The second-order valence-electron chi connectivity index (χ2n) is 14.5. The minimum Gasteiger partial charge on any atom is -0.486 e. The van der Waals surface area contributed by atoms with Gasteiger partial charge >= 0.3 is 0 Å². The summed E-state index contributed by atoms with van der Waals surface area (Å²) in [6, 6.07) is 41.1. The van der Waals surface area contributed by atoms with Gasteiger partial charge in [-0.3, -0.25) is 0 Å². The Labute approximate surface area is 352 Å². The summed E-state index contributed by atoms with van der Waals surface area (Å²) >= 11 is 0. The van der Waals surface area contributed by atoms with E-state index < -0.39 is 26.4 Å². The number of benzene rings is 4. The van der Waals surface area contributed by atoms with Crippen LogP contribution in [0.4, 0.5) is 0 Å². The predicted molar refractivity (Wildman–Crippen MR) is 222 cm³/mol. The van der Waals surface area contributed by atoms with Crippen LogP contribution in [-0.2, 0) is 20.1 Å². The molecule has 1 aliphatic carbocycles. The zero-order chi connectivity index (χ0) is 45.7. The van der Waals surface area contributed by atoms with Crippen molar-refractivity contribution in [2.24, 2.45) is 5.41 Å². The Kier molecular flexibility index (Phi) is 8.09. The molecule has 0 N–H and O–H groups in total. The number of hydrogen-bond acceptors (Lipinski definition) is 4. The second kappa shape index (κ2) is 16.3. The molecule has 5 heteroatoms. The third kappa shape index (κ3) is 8.39. The van der Waals surface area contributed by atoms with E-state index in [0.29, 0.717) is 39.1 Å². The molecule has 0 atom stereocenters. The van der Waals surface area contributed by atoms with Gasteiger partial charge in [-0.15, -0.1) is 47.5 Å². The van der Waals surface area contributed by atoms with E-state index in [1.54, 1.807) is 24.4 Å². The maximum Gasteiger partial charge on any atom is 0.216 e. The smallest absolute Gasteiger partial charge is 0.216 e. The monoisotopic (exact) mass is 906 g/mol. The average Bonchev–Trinajstić information content (AvgIpc) is 3.66. The number of aryl methyl sites for hydroxylation is 3. The van der Waals surface area contributed by atoms with Gasteiger partial charge in [0.15, 0.2) is 0 Å². The Morgan fingerprint density at radius 1 is 0.764 bits per heavy atom. The third-order valence-corrected chi connectivity index (χ3v) is 10.2. The number of fused-ring (bicyclic) bond motifs is 3. The van der Waals surface area contributed by atoms with Crippen LogP contribution in [-0.4, -0.2) is 15.0 Å². The van der Waals surface area contributed by atoms with Crippen LogP contribution < -0.4 is 0 Å². The minimum atomic E-state index is -2.30. The summed E-state index contributed by atoms with van der Waals surface area (Å²) in [4.78, 5) is 13.1. The predicted octanol–water partition coefficient (Wildman–Crippen LogP) is 13.3. The molecule has 1 aliphatic rings. The van der Waals surface area contributed by atoms with Gasteiger partial charge in [-0.25, -0.2) is 4.98 Å². The molecule has 4 aromatic carbocycles. The van der Waals surface area contributed by atoms with Crippen LogP contribution in [0.3, 0.4) is 0 Å². The van der Waals surface area contributed by atoms with E-state index in [2.05, 4.69) is 65.2 Å². The Morgan fingerprint density at radius 2 is 1.60 bits per heavy atom. The first kappa shape index (κ1) is 27.4. The van der Waals surface area contributed by atoms with Crippen molar-refractivity contribution in [3.05, 3.63) is 162 Å². The fraction of sp³-hybridized carbons (Fsp3) is 0.220. The molecule has 0 saturated heterocycles. The summed E-state index contributed by atoms with van der Waals surface area (Å²) in [5.41, 5.74) is 8.62. The summed E-state index contributed by atoms with van der Waals surface area (Å²) in [6.07, 6.45) is 7.01. The Hall–Kier alpha value is -5.22. The third-order valence-electron chi connectivity index (χ3n) is 10.2. The summed E-state index contributed by atoms with van der Waals surface area (Å²) in [6.45, 7) is -2.19. The quantitative estimate of drug-likeness (QED) is 0.162. The van der Waals surface area contributed by atoms with Crippen molar-refractivity contribution in [1.29, 1.82) is 0 Å². The SMILES string of the molecule is [2H]C([2H])([2H])c1ccc(-c2[c-]cc(C([2H])([2H])[2H])c(-c3ccccc3)c2)nc1.[2H]C([2H])([2H])c1ccc2c(n1)oc1c(-c3cc(-c4ccc(C5([2H])CCC(C)(C)CC5)cc4)ccn3)[c-]ccc12.[Ir]. The van der Waals surface area contributed by atoms with Crippen LogP contribution in [0, 0.1) is 38.1 Å². The molecule has 8 aromatic rings. The Bertz CT molecular complexity index is 2930. The molecule has 0 unspecified atom stereocenters. The Balaban J connectivity index is 0.000000205. The molecule has 0 bridgehead atoms. The van der Waals surface area contributed by atoms with Crippen molar-refractivity contribution in [2.45, 2.75) is 66.0 Å². The van der Waals surface area contributed by atoms with E-state index in [0.717, 1.165) is 58.7 Å².